The summed E-state index contributed by atoms with van der Waals surface area (Å²) in [5.41, 5.74) is 2.10. The van der Waals surface area contributed by atoms with E-state index in [0.717, 1.165) is 21.7 Å². The normalized spacial score (nSPS) is 20.8. The number of likely N-dealkylation sites (tertiary alicyclic amines) is 1. The Balaban J connectivity index is 1.58. The van der Waals surface area contributed by atoms with Gasteiger partial charge >= 0.3 is 0 Å². The SMILES string of the molecule is COc1ccccc1C1(CC(=O)N2CCN(c3cc(C)cc(C)c3)C(=O)C2)CC(=O)N(C)C1=O. The fourth-order valence-electron chi connectivity index (χ4n) is 5.01. The molecule has 0 bridgehead atoms. The van der Waals surface area contributed by atoms with E-state index >= 15 is 0 Å². The summed E-state index contributed by atoms with van der Waals surface area (Å²) < 4.78 is 5.46. The first-order valence-corrected chi connectivity index (χ1v) is 11.3. The third-order valence-corrected chi connectivity index (χ3v) is 6.71. The molecule has 2 aromatic rings. The number of hydrogen-bond donors (Lipinski definition) is 0. The van der Waals surface area contributed by atoms with Gasteiger partial charge < -0.3 is 14.5 Å². The van der Waals surface area contributed by atoms with E-state index in [1.807, 2.05) is 32.0 Å². The van der Waals surface area contributed by atoms with Crippen LogP contribution in [0.2, 0.25) is 0 Å². The average Bonchev–Trinajstić information content (AvgIpc) is 3.02. The number of aryl methyl sites for hydroxylation is 2. The first-order chi connectivity index (χ1) is 16.2. The molecule has 2 aliphatic rings. The van der Waals surface area contributed by atoms with Gasteiger partial charge in [0.05, 0.1) is 12.5 Å². The Bertz CT molecular complexity index is 1160. The first-order valence-electron chi connectivity index (χ1n) is 11.3. The molecule has 2 heterocycles. The van der Waals surface area contributed by atoms with Gasteiger partial charge in [-0.1, -0.05) is 24.3 Å². The van der Waals surface area contributed by atoms with E-state index in [4.69, 9.17) is 4.74 Å². The molecule has 0 aliphatic carbocycles. The number of ether oxygens (including phenoxy) is 1. The number of carbonyl (C=O) groups excluding carboxylic acids is 4. The van der Waals surface area contributed by atoms with Crippen LogP contribution in [0, 0.1) is 13.8 Å². The molecule has 2 fully saturated rings. The van der Waals surface area contributed by atoms with Crippen LogP contribution in [0.3, 0.4) is 0 Å². The Morgan fingerprint density at radius 3 is 2.26 bits per heavy atom. The van der Waals surface area contributed by atoms with Crippen molar-refractivity contribution in [2.45, 2.75) is 32.1 Å². The Morgan fingerprint density at radius 1 is 1.00 bits per heavy atom. The lowest BCUT2D eigenvalue weighted by Crippen LogP contribution is -2.54. The summed E-state index contributed by atoms with van der Waals surface area (Å²) in [6, 6.07) is 12.9. The number of para-hydroxylation sites is 1. The van der Waals surface area contributed by atoms with Crippen molar-refractivity contribution in [1.29, 1.82) is 0 Å². The van der Waals surface area contributed by atoms with Crippen molar-refractivity contribution < 1.29 is 23.9 Å². The van der Waals surface area contributed by atoms with E-state index in [0.29, 0.717) is 24.4 Å². The van der Waals surface area contributed by atoms with Crippen molar-refractivity contribution in [3.05, 3.63) is 59.2 Å². The first kappa shape index (κ1) is 23.5. The molecule has 2 saturated heterocycles. The summed E-state index contributed by atoms with van der Waals surface area (Å²) in [7, 11) is 2.92. The highest BCUT2D eigenvalue weighted by Crippen LogP contribution is 2.43. The number of nitrogens with zero attached hydrogens (tertiary/aromatic N) is 3. The molecule has 4 rings (SSSR count). The zero-order valence-corrected chi connectivity index (χ0v) is 20.0. The van der Waals surface area contributed by atoms with Gasteiger partial charge in [-0.15, -0.1) is 0 Å². The monoisotopic (exact) mass is 463 g/mol. The minimum Gasteiger partial charge on any atom is -0.496 e. The van der Waals surface area contributed by atoms with Gasteiger partial charge in [-0.3, -0.25) is 24.1 Å². The Labute approximate surface area is 199 Å². The number of anilines is 1. The van der Waals surface area contributed by atoms with Crippen LogP contribution < -0.4 is 9.64 Å². The number of amides is 4. The molecule has 2 aromatic carbocycles. The number of imide groups is 1. The van der Waals surface area contributed by atoms with Crippen molar-refractivity contribution in [2.24, 2.45) is 0 Å². The van der Waals surface area contributed by atoms with E-state index in [9.17, 15) is 19.2 Å². The Morgan fingerprint density at radius 2 is 1.68 bits per heavy atom. The van der Waals surface area contributed by atoms with E-state index in [-0.39, 0.29) is 37.1 Å². The minimum absolute atomic E-state index is 0.0776. The highest BCUT2D eigenvalue weighted by atomic mass is 16.5. The van der Waals surface area contributed by atoms with Crippen molar-refractivity contribution in [3.63, 3.8) is 0 Å². The lowest BCUT2D eigenvalue weighted by Gasteiger charge is -2.36. The van der Waals surface area contributed by atoms with Crippen LogP contribution in [0.25, 0.3) is 0 Å². The predicted octanol–water partition coefficient (Wildman–Crippen LogP) is 2.20. The molecule has 8 heteroatoms. The molecule has 1 atom stereocenters. The van der Waals surface area contributed by atoms with Crippen LogP contribution in [-0.4, -0.2) is 67.2 Å². The van der Waals surface area contributed by atoms with Crippen LogP contribution in [-0.2, 0) is 24.6 Å². The molecule has 1 unspecified atom stereocenters. The van der Waals surface area contributed by atoms with E-state index in [2.05, 4.69) is 0 Å². The fraction of sp³-hybridized carbons (Fsp3) is 0.385. The van der Waals surface area contributed by atoms with Crippen molar-refractivity contribution >= 4 is 29.3 Å². The van der Waals surface area contributed by atoms with E-state index in [1.54, 1.807) is 29.2 Å². The van der Waals surface area contributed by atoms with Crippen LogP contribution >= 0.6 is 0 Å². The van der Waals surface area contributed by atoms with Crippen molar-refractivity contribution in [1.82, 2.24) is 9.80 Å². The average molecular weight is 464 g/mol. The summed E-state index contributed by atoms with van der Waals surface area (Å²) in [6.07, 6.45) is -0.329. The molecular formula is C26H29N3O5. The van der Waals surface area contributed by atoms with Crippen LogP contribution in [0.4, 0.5) is 5.69 Å². The van der Waals surface area contributed by atoms with Gasteiger partial charge in [-0.05, 0) is 43.2 Å². The number of piperazine rings is 1. The van der Waals surface area contributed by atoms with Gasteiger partial charge in [0, 0.05) is 44.2 Å². The summed E-state index contributed by atoms with van der Waals surface area (Å²) >= 11 is 0. The number of benzene rings is 2. The molecule has 0 aromatic heterocycles. The highest BCUT2D eigenvalue weighted by Gasteiger charge is 2.54. The standard InChI is InChI=1S/C26H29N3O5/c1-17-11-18(2)13-19(12-17)29-10-9-28(16-24(29)32)23(31)15-26(14-22(30)27(3)25(26)33)20-7-5-6-8-21(20)34-4/h5-8,11-13H,9-10,14-16H2,1-4H3. The maximum absolute atomic E-state index is 13.4. The maximum Gasteiger partial charge on any atom is 0.246 e. The molecule has 2 aliphatic heterocycles. The Hall–Kier alpha value is -3.68. The van der Waals surface area contributed by atoms with Crippen LogP contribution in [0.1, 0.15) is 29.5 Å². The predicted molar refractivity (Wildman–Crippen MR) is 127 cm³/mol. The Kier molecular flexibility index (Phi) is 6.17. The second-order valence-corrected chi connectivity index (χ2v) is 9.10. The van der Waals surface area contributed by atoms with Gasteiger partial charge in [0.15, 0.2) is 0 Å². The molecule has 0 saturated carbocycles. The molecule has 4 amide bonds. The fourth-order valence-corrected chi connectivity index (χ4v) is 5.01. The van der Waals surface area contributed by atoms with E-state index in [1.165, 1.54) is 19.1 Å². The van der Waals surface area contributed by atoms with Gasteiger partial charge in [-0.2, -0.15) is 0 Å². The third kappa shape index (κ3) is 4.04. The lowest BCUT2D eigenvalue weighted by atomic mass is 9.75. The summed E-state index contributed by atoms with van der Waals surface area (Å²) in [5.74, 6) is -0.852. The topological polar surface area (TPSA) is 87.2 Å². The smallest absolute Gasteiger partial charge is 0.246 e. The summed E-state index contributed by atoms with van der Waals surface area (Å²) in [5, 5.41) is 0. The van der Waals surface area contributed by atoms with Gasteiger partial charge in [-0.25, -0.2) is 0 Å². The van der Waals surface area contributed by atoms with Crippen molar-refractivity contribution in [2.75, 3.05) is 38.7 Å². The van der Waals surface area contributed by atoms with Crippen molar-refractivity contribution in [3.8, 4) is 5.75 Å². The van der Waals surface area contributed by atoms with Crippen LogP contribution in [0.5, 0.6) is 5.75 Å². The lowest BCUT2D eigenvalue weighted by molar-refractivity contribution is -0.142. The molecule has 0 spiro atoms. The number of methoxy groups -OCH3 is 1. The zero-order chi connectivity index (χ0) is 24.6. The largest absolute Gasteiger partial charge is 0.496 e. The molecule has 178 valence electrons. The third-order valence-electron chi connectivity index (χ3n) is 6.71. The van der Waals surface area contributed by atoms with Gasteiger partial charge in [0.1, 0.15) is 12.3 Å². The second-order valence-electron chi connectivity index (χ2n) is 9.10. The van der Waals surface area contributed by atoms with Gasteiger partial charge in [0.2, 0.25) is 23.6 Å². The quantitative estimate of drug-likeness (QED) is 0.635. The minimum atomic E-state index is -1.36. The number of carbonyl (C=O) groups is 4. The summed E-state index contributed by atoms with van der Waals surface area (Å²) in [4.78, 5) is 56.4. The van der Waals surface area contributed by atoms with Gasteiger partial charge in [0.25, 0.3) is 0 Å². The molecular weight excluding hydrogens is 434 g/mol. The number of rotatable bonds is 5. The highest BCUT2D eigenvalue weighted by molar-refractivity contribution is 6.11. The zero-order valence-electron chi connectivity index (χ0n) is 20.0. The van der Waals surface area contributed by atoms with Crippen LogP contribution in [0.15, 0.2) is 42.5 Å². The van der Waals surface area contributed by atoms with E-state index < -0.39 is 11.3 Å². The number of likely N-dealkylation sites (N-methyl/N-ethyl adjacent to an activating group) is 1. The molecule has 0 N–H and O–H groups in total. The second kappa shape index (κ2) is 8.93. The molecule has 34 heavy (non-hydrogen) atoms. The molecule has 8 nitrogen and oxygen atoms in total. The molecule has 0 radical (unpaired) electrons. The summed E-state index contributed by atoms with van der Waals surface area (Å²) in [6.45, 7) is 4.59. The maximum atomic E-state index is 13.4. The number of hydrogen-bond acceptors (Lipinski definition) is 5.